The molecule has 0 spiro atoms. The van der Waals surface area contributed by atoms with Crippen LogP contribution in [0.3, 0.4) is 0 Å². The van der Waals surface area contributed by atoms with Gasteiger partial charge in [0.1, 0.15) is 17.5 Å². The summed E-state index contributed by atoms with van der Waals surface area (Å²) < 4.78 is 50.2. The van der Waals surface area contributed by atoms with Crippen LogP contribution < -0.4 is 10.6 Å². The van der Waals surface area contributed by atoms with Crippen molar-refractivity contribution in [3.05, 3.63) is 71.7 Å². The largest absolute Gasteiger partial charge is 0.416 e. The van der Waals surface area contributed by atoms with Gasteiger partial charge in [0.15, 0.2) is 0 Å². The molecule has 2 aromatic carbocycles. The van der Waals surface area contributed by atoms with E-state index in [1.807, 2.05) is 0 Å². The zero-order valence-corrected chi connectivity index (χ0v) is 12.6. The number of rotatable bonds is 4. The van der Waals surface area contributed by atoms with Crippen LogP contribution in [0, 0.1) is 17.1 Å². The summed E-state index contributed by atoms with van der Waals surface area (Å²) in [6.07, 6.45) is -3.37. The number of carbonyl (C=O) groups is 1. The molecule has 0 unspecified atom stereocenters. The Morgan fingerprint density at radius 3 is 2.08 bits per heavy atom. The molecule has 25 heavy (non-hydrogen) atoms. The molecule has 0 aliphatic rings. The van der Waals surface area contributed by atoms with E-state index in [9.17, 15) is 22.4 Å². The molecule has 2 N–H and O–H groups in total. The van der Waals surface area contributed by atoms with Gasteiger partial charge in [-0.15, -0.1) is 0 Å². The van der Waals surface area contributed by atoms with Gasteiger partial charge in [0, 0.05) is 17.6 Å². The number of nitrogens with one attached hydrogen (secondary N) is 2. The molecule has 8 heteroatoms. The third-order valence-electron chi connectivity index (χ3n) is 3.06. The second-order valence-electron chi connectivity index (χ2n) is 4.85. The highest BCUT2D eigenvalue weighted by molar-refractivity contribution is 6.06. The summed E-state index contributed by atoms with van der Waals surface area (Å²) in [6.45, 7) is 0. The average Bonchev–Trinajstić information content (AvgIpc) is 2.57. The Hall–Kier alpha value is -3.34. The predicted octanol–water partition coefficient (Wildman–Crippen LogP) is 4.30. The first kappa shape index (κ1) is 18.0. The third kappa shape index (κ3) is 5.07. The molecule has 2 aromatic rings. The molecule has 0 saturated carbocycles. The van der Waals surface area contributed by atoms with Crippen LogP contribution in [0.2, 0.25) is 0 Å². The van der Waals surface area contributed by atoms with Crippen molar-refractivity contribution in [1.29, 1.82) is 5.26 Å². The molecule has 4 nitrogen and oxygen atoms in total. The first-order valence-corrected chi connectivity index (χ1v) is 6.90. The smallest absolute Gasteiger partial charge is 0.360 e. The Morgan fingerprint density at radius 1 is 1.00 bits per heavy atom. The third-order valence-corrected chi connectivity index (χ3v) is 3.06. The van der Waals surface area contributed by atoms with Crippen LogP contribution in [-0.2, 0) is 11.0 Å². The van der Waals surface area contributed by atoms with Gasteiger partial charge < -0.3 is 10.6 Å². The van der Waals surface area contributed by atoms with Gasteiger partial charge in [-0.1, -0.05) is 0 Å². The molecule has 0 saturated heterocycles. The van der Waals surface area contributed by atoms with E-state index < -0.39 is 23.5 Å². The zero-order valence-electron chi connectivity index (χ0n) is 12.6. The number of hydrogen-bond acceptors (Lipinski definition) is 3. The summed E-state index contributed by atoms with van der Waals surface area (Å²) in [5.74, 6) is -1.22. The topological polar surface area (TPSA) is 64.9 Å². The van der Waals surface area contributed by atoms with Crippen molar-refractivity contribution in [3.63, 3.8) is 0 Å². The fourth-order valence-corrected chi connectivity index (χ4v) is 1.79. The van der Waals surface area contributed by atoms with Crippen molar-refractivity contribution in [1.82, 2.24) is 0 Å². The zero-order chi connectivity index (χ0) is 18.4. The lowest BCUT2D eigenvalue weighted by atomic mass is 10.2. The van der Waals surface area contributed by atoms with Gasteiger partial charge in [0.25, 0.3) is 5.91 Å². The van der Waals surface area contributed by atoms with Crippen LogP contribution in [0.15, 0.2) is 60.3 Å². The SMILES string of the molecule is N#C/C(=C/Nc1ccc(C(F)(F)F)cc1)C(=O)Nc1ccc(F)cc1. The first-order chi connectivity index (χ1) is 11.8. The molecule has 0 bridgehead atoms. The maximum Gasteiger partial charge on any atom is 0.416 e. The number of halogens is 4. The summed E-state index contributed by atoms with van der Waals surface area (Å²) in [6, 6.07) is 10.7. The standard InChI is InChI=1S/C17H11F4N3O/c18-13-3-7-15(8-4-13)24-16(25)11(9-22)10-23-14-5-1-12(2-6-14)17(19,20)21/h1-8,10,23H,(H,24,25)/b11-10-. The Kier molecular flexibility index (Phi) is 5.39. The van der Waals surface area contributed by atoms with Crippen molar-refractivity contribution >= 4 is 17.3 Å². The summed E-state index contributed by atoms with van der Waals surface area (Å²) in [5, 5.41) is 14.0. The van der Waals surface area contributed by atoms with Crippen LogP contribution in [0.5, 0.6) is 0 Å². The average molecular weight is 349 g/mol. The fourth-order valence-electron chi connectivity index (χ4n) is 1.79. The molecule has 0 aromatic heterocycles. The second kappa shape index (κ2) is 7.49. The van der Waals surface area contributed by atoms with Gasteiger partial charge in [-0.25, -0.2) is 4.39 Å². The van der Waals surface area contributed by atoms with E-state index in [1.165, 1.54) is 24.3 Å². The van der Waals surface area contributed by atoms with Gasteiger partial charge in [-0.05, 0) is 48.5 Å². The number of hydrogen-bond donors (Lipinski definition) is 2. The molecule has 128 valence electrons. The summed E-state index contributed by atoms with van der Waals surface area (Å²) in [5.41, 5.74) is -0.543. The molecule has 1 amide bonds. The minimum Gasteiger partial charge on any atom is -0.360 e. The predicted molar refractivity (Wildman–Crippen MR) is 83.8 cm³/mol. The number of benzene rings is 2. The second-order valence-corrected chi connectivity index (χ2v) is 4.85. The highest BCUT2D eigenvalue weighted by Gasteiger charge is 2.29. The molecule has 0 aliphatic heterocycles. The Balaban J connectivity index is 2.05. The van der Waals surface area contributed by atoms with Crippen LogP contribution in [0.4, 0.5) is 28.9 Å². The van der Waals surface area contributed by atoms with Gasteiger partial charge in [-0.2, -0.15) is 18.4 Å². The Labute approximate surface area is 140 Å². The number of alkyl halides is 3. The van der Waals surface area contributed by atoms with Crippen molar-refractivity contribution < 1.29 is 22.4 Å². The quantitative estimate of drug-likeness (QED) is 0.491. The number of amides is 1. The molecule has 0 radical (unpaired) electrons. The van der Waals surface area contributed by atoms with Crippen molar-refractivity contribution in [2.24, 2.45) is 0 Å². The number of nitrogens with zero attached hydrogens (tertiary/aromatic N) is 1. The Morgan fingerprint density at radius 2 is 1.56 bits per heavy atom. The van der Waals surface area contributed by atoms with Crippen molar-refractivity contribution in [3.8, 4) is 6.07 Å². The van der Waals surface area contributed by atoms with Gasteiger partial charge in [0.2, 0.25) is 0 Å². The van der Waals surface area contributed by atoms with E-state index in [0.717, 1.165) is 30.5 Å². The number of carbonyl (C=O) groups excluding carboxylic acids is 1. The minimum absolute atomic E-state index is 0.273. The van der Waals surface area contributed by atoms with Gasteiger partial charge >= 0.3 is 6.18 Å². The maximum absolute atomic E-state index is 12.8. The summed E-state index contributed by atoms with van der Waals surface area (Å²) in [7, 11) is 0. The maximum atomic E-state index is 12.8. The van der Waals surface area contributed by atoms with E-state index >= 15 is 0 Å². The molecule has 2 rings (SSSR count). The van der Waals surface area contributed by atoms with Crippen molar-refractivity contribution in [2.75, 3.05) is 10.6 Å². The lowest BCUT2D eigenvalue weighted by molar-refractivity contribution is -0.137. The molecule has 0 fully saturated rings. The van der Waals surface area contributed by atoms with Crippen LogP contribution in [-0.4, -0.2) is 5.91 Å². The molecular formula is C17H11F4N3O. The summed E-state index contributed by atoms with van der Waals surface area (Å²) >= 11 is 0. The molecule has 0 aliphatic carbocycles. The number of nitriles is 1. The molecular weight excluding hydrogens is 338 g/mol. The highest BCUT2D eigenvalue weighted by atomic mass is 19.4. The minimum atomic E-state index is -4.44. The molecule has 0 heterocycles. The normalized spacial score (nSPS) is 11.6. The van der Waals surface area contributed by atoms with Gasteiger partial charge in [0.05, 0.1) is 5.56 Å². The van der Waals surface area contributed by atoms with Gasteiger partial charge in [-0.3, -0.25) is 4.79 Å². The first-order valence-electron chi connectivity index (χ1n) is 6.90. The van der Waals surface area contributed by atoms with E-state index in [4.69, 9.17) is 5.26 Å². The number of anilines is 2. The van der Waals surface area contributed by atoms with Crippen LogP contribution in [0.25, 0.3) is 0 Å². The van der Waals surface area contributed by atoms with Crippen molar-refractivity contribution in [2.45, 2.75) is 6.18 Å². The molecule has 0 atom stereocenters. The highest BCUT2D eigenvalue weighted by Crippen LogP contribution is 2.29. The fraction of sp³-hybridized carbons (Fsp3) is 0.0588. The Bertz CT molecular complexity index is 819. The van der Waals surface area contributed by atoms with Crippen LogP contribution >= 0.6 is 0 Å². The van der Waals surface area contributed by atoms with E-state index in [0.29, 0.717) is 5.69 Å². The summed E-state index contributed by atoms with van der Waals surface area (Å²) in [4.78, 5) is 12.0. The lowest BCUT2D eigenvalue weighted by Crippen LogP contribution is -2.14. The van der Waals surface area contributed by atoms with E-state index in [2.05, 4.69) is 10.6 Å². The monoisotopic (exact) mass is 349 g/mol. The van der Waals surface area contributed by atoms with E-state index in [-0.39, 0.29) is 11.3 Å². The lowest BCUT2D eigenvalue weighted by Gasteiger charge is -2.08. The van der Waals surface area contributed by atoms with Crippen LogP contribution in [0.1, 0.15) is 5.56 Å². The van der Waals surface area contributed by atoms with E-state index in [1.54, 1.807) is 6.07 Å².